The molecule has 68 valence electrons. The van der Waals surface area contributed by atoms with Gasteiger partial charge in [-0.2, -0.15) is 0 Å². The Morgan fingerprint density at radius 3 is 3.17 bits per heavy atom. The molecule has 2 heterocycles. The van der Waals surface area contributed by atoms with Crippen LogP contribution >= 0.6 is 35.5 Å². The summed E-state index contributed by atoms with van der Waals surface area (Å²) in [7, 11) is 0. The van der Waals surface area contributed by atoms with Gasteiger partial charge in [-0.3, -0.25) is 0 Å². The summed E-state index contributed by atoms with van der Waals surface area (Å²) in [6, 6.07) is 0. The highest BCUT2D eigenvalue weighted by Gasteiger charge is 2.16. The Bertz CT molecular complexity index is 209. The van der Waals surface area contributed by atoms with Gasteiger partial charge in [-0.05, 0) is 13.0 Å². The zero-order valence-corrected chi connectivity index (χ0v) is 8.97. The van der Waals surface area contributed by atoms with Crippen molar-refractivity contribution in [3.05, 3.63) is 11.6 Å². The third-order valence-corrected chi connectivity index (χ3v) is 3.88. The fourth-order valence-electron chi connectivity index (χ4n) is 1.14. The molecule has 0 unspecified atom stereocenters. The van der Waals surface area contributed by atoms with Crippen molar-refractivity contribution in [3.63, 3.8) is 0 Å². The Morgan fingerprint density at radius 1 is 1.67 bits per heavy atom. The van der Waals surface area contributed by atoms with E-state index >= 15 is 0 Å². The maximum atomic E-state index is 4.23. The van der Waals surface area contributed by atoms with E-state index in [1.165, 1.54) is 17.3 Å². The van der Waals surface area contributed by atoms with Crippen LogP contribution in [0, 0.1) is 0 Å². The minimum Gasteiger partial charge on any atom is -0.316 e. The van der Waals surface area contributed by atoms with Gasteiger partial charge in [0.2, 0.25) is 0 Å². The first-order valence-corrected chi connectivity index (χ1v) is 5.48. The predicted molar refractivity (Wildman–Crippen MR) is 56.5 cm³/mol. The van der Waals surface area contributed by atoms with Gasteiger partial charge in [-0.25, -0.2) is 4.98 Å². The molecule has 0 aromatic carbocycles. The number of hydrogen-bond donors (Lipinski definition) is 1. The van der Waals surface area contributed by atoms with Gasteiger partial charge in [0.1, 0.15) is 4.34 Å². The van der Waals surface area contributed by atoms with Crippen molar-refractivity contribution in [3.8, 4) is 0 Å². The molecule has 2 nitrogen and oxygen atoms in total. The summed E-state index contributed by atoms with van der Waals surface area (Å²) in [5.74, 6) is 0. The lowest BCUT2D eigenvalue weighted by molar-refractivity contribution is 0.858. The Morgan fingerprint density at radius 2 is 2.58 bits per heavy atom. The van der Waals surface area contributed by atoms with Crippen LogP contribution in [0.5, 0.6) is 0 Å². The predicted octanol–water partition coefficient (Wildman–Crippen LogP) is 2.02. The minimum absolute atomic E-state index is 0. The van der Waals surface area contributed by atoms with Gasteiger partial charge in [-0.15, -0.1) is 23.7 Å². The van der Waals surface area contributed by atoms with E-state index in [0.29, 0.717) is 0 Å². The van der Waals surface area contributed by atoms with Crippen LogP contribution in [0.3, 0.4) is 0 Å². The molecule has 1 saturated heterocycles. The molecule has 1 aromatic heterocycles. The van der Waals surface area contributed by atoms with Gasteiger partial charge < -0.3 is 5.32 Å². The molecular weight excluding hydrogens is 212 g/mol. The van der Waals surface area contributed by atoms with Crippen LogP contribution in [0.4, 0.5) is 0 Å². The van der Waals surface area contributed by atoms with Crippen molar-refractivity contribution in [2.75, 3.05) is 13.1 Å². The van der Waals surface area contributed by atoms with Crippen LogP contribution in [0.15, 0.2) is 15.9 Å². The molecule has 0 amide bonds. The van der Waals surface area contributed by atoms with Crippen molar-refractivity contribution in [1.82, 2.24) is 10.3 Å². The lowest BCUT2D eigenvalue weighted by Gasteiger charge is -2.02. The lowest BCUT2D eigenvalue weighted by atomic mass is 10.4. The molecule has 1 fully saturated rings. The number of halogens is 1. The van der Waals surface area contributed by atoms with Crippen LogP contribution in [0.25, 0.3) is 0 Å². The van der Waals surface area contributed by atoms with E-state index in [0.717, 1.165) is 11.8 Å². The molecule has 2 rings (SSSR count). The molecule has 0 radical (unpaired) electrons. The molecule has 5 heteroatoms. The van der Waals surface area contributed by atoms with Crippen LogP contribution in [-0.2, 0) is 0 Å². The second-order valence-electron chi connectivity index (χ2n) is 2.53. The summed E-state index contributed by atoms with van der Waals surface area (Å²) >= 11 is 3.64. The second kappa shape index (κ2) is 5.07. The van der Waals surface area contributed by atoms with E-state index < -0.39 is 0 Å². The average molecular weight is 223 g/mol. The third-order valence-electron chi connectivity index (χ3n) is 1.69. The van der Waals surface area contributed by atoms with Crippen molar-refractivity contribution in [2.24, 2.45) is 0 Å². The maximum absolute atomic E-state index is 4.23. The van der Waals surface area contributed by atoms with E-state index in [1.54, 1.807) is 11.3 Å². The van der Waals surface area contributed by atoms with Crippen LogP contribution in [0.2, 0.25) is 0 Å². The molecule has 1 aliphatic rings. The molecule has 1 atom stereocenters. The van der Waals surface area contributed by atoms with Gasteiger partial charge in [0.15, 0.2) is 0 Å². The first-order valence-electron chi connectivity index (χ1n) is 3.72. The van der Waals surface area contributed by atoms with E-state index in [-0.39, 0.29) is 12.4 Å². The fourth-order valence-corrected chi connectivity index (χ4v) is 3.14. The van der Waals surface area contributed by atoms with Gasteiger partial charge in [-0.1, -0.05) is 11.8 Å². The summed E-state index contributed by atoms with van der Waals surface area (Å²) in [5.41, 5.74) is 0. The molecule has 1 aromatic rings. The van der Waals surface area contributed by atoms with Gasteiger partial charge in [0.05, 0.1) is 0 Å². The summed E-state index contributed by atoms with van der Waals surface area (Å²) in [5, 5.41) is 6.12. The van der Waals surface area contributed by atoms with E-state index in [2.05, 4.69) is 10.3 Å². The molecule has 1 N–H and O–H groups in total. The number of nitrogens with one attached hydrogen (secondary N) is 1. The third kappa shape index (κ3) is 2.62. The number of rotatable bonds is 2. The average Bonchev–Trinajstić information content (AvgIpc) is 2.60. The van der Waals surface area contributed by atoms with Gasteiger partial charge >= 0.3 is 0 Å². The highest BCUT2D eigenvalue weighted by Crippen LogP contribution is 2.27. The SMILES string of the molecule is Cl.c1csc(S[C@@H]2CCNC2)n1. The standard InChI is InChI=1S/C7H10N2S2.ClH/c1-2-8-5-6(1)11-7-9-3-4-10-7;/h3-4,6,8H,1-2,5H2;1H/t6-;/m1./s1. The first kappa shape index (κ1) is 10.3. The zero-order valence-electron chi connectivity index (χ0n) is 6.53. The molecule has 1 aliphatic heterocycles. The highest BCUT2D eigenvalue weighted by molar-refractivity contribution is 8.01. The summed E-state index contributed by atoms with van der Waals surface area (Å²) in [6.07, 6.45) is 3.15. The molecule has 0 aliphatic carbocycles. The quantitative estimate of drug-likeness (QED) is 0.829. The summed E-state index contributed by atoms with van der Waals surface area (Å²) in [6.45, 7) is 2.31. The van der Waals surface area contributed by atoms with Crippen LogP contribution < -0.4 is 5.32 Å². The zero-order chi connectivity index (χ0) is 7.52. The Labute approximate surface area is 86.6 Å². The second-order valence-corrected chi connectivity index (χ2v) is 4.97. The van der Waals surface area contributed by atoms with Crippen LogP contribution in [-0.4, -0.2) is 23.3 Å². The number of hydrogen-bond acceptors (Lipinski definition) is 4. The van der Waals surface area contributed by atoms with Crippen LogP contribution in [0.1, 0.15) is 6.42 Å². The lowest BCUT2D eigenvalue weighted by Crippen LogP contribution is -2.09. The van der Waals surface area contributed by atoms with Crippen molar-refractivity contribution >= 4 is 35.5 Å². The van der Waals surface area contributed by atoms with Gasteiger partial charge in [0, 0.05) is 23.4 Å². The number of aromatic nitrogens is 1. The van der Waals surface area contributed by atoms with Crippen molar-refractivity contribution in [1.29, 1.82) is 0 Å². The first-order chi connectivity index (χ1) is 5.45. The van der Waals surface area contributed by atoms with Crippen molar-refractivity contribution in [2.45, 2.75) is 16.0 Å². The van der Waals surface area contributed by atoms with E-state index in [1.807, 2.05) is 23.3 Å². The molecule has 0 saturated carbocycles. The summed E-state index contributed by atoms with van der Waals surface area (Å²) < 4.78 is 1.21. The molecule has 0 bridgehead atoms. The largest absolute Gasteiger partial charge is 0.316 e. The molecule has 0 spiro atoms. The summed E-state index contributed by atoms with van der Waals surface area (Å²) in [4.78, 5) is 4.23. The van der Waals surface area contributed by atoms with E-state index in [4.69, 9.17) is 0 Å². The highest BCUT2D eigenvalue weighted by atomic mass is 35.5. The Kier molecular flexibility index (Phi) is 4.35. The smallest absolute Gasteiger partial charge is 0.150 e. The fraction of sp³-hybridized carbons (Fsp3) is 0.571. The van der Waals surface area contributed by atoms with E-state index in [9.17, 15) is 0 Å². The molecular formula is C7H11ClN2S2. The minimum atomic E-state index is 0. The maximum Gasteiger partial charge on any atom is 0.150 e. The van der Waals surface area contributed by atoms with Crippen molar-refractivity contribution < 1.29 is 0 Å². The number of thiazole rings is 1. The number of nitrogens with zero attached hydrogens (tertiary/aromatic N) is 1. The monoisotopic (exact) mass is 222 g/mol. The topological polar surface area (TPSA) is 24.9 Å². The normalized spacial score (nSPS) is 22.2. The van der Waals surface area contributed by atoms with Gasteiger partial charge in [0.25, 0.3) is 0 Å². The number of thioether (sulfide) groups is 1. The molecule has 12 heavy (non-hydrogen) atoms. The Balaban J connectivity index is 0.000000720. The Hall–Kier alpha value is 0.230.